The fourth-order valence-corrected chi connectivity index (χ4v) is 1.21. The first-order valence-electron chi connectivity index (χ1n) is 4.18. The molecule has 0 radical (unpaired) electrons. The number of terminal acetylenes is 1. The van der Waals surface area contributed by atoms with Crippen molar-refractivity contribution in [2.45, 2.75) is 6.10 Å². The Kier molecular flexibility index (Phi) is 4.17. The number of ether oxygens (including phenoxy) is 1. The summed E-state index contributed by atoms with van der Waals surface area (Å²) in [5, 5.41) is 9.44. The van der Waals surface area contributed by atoms with E-state index in [9.17, 15) is 4.79 Å². The van der Waals surface area contributed by atoms with Gasteiger partial charge >= 0.3 is 5.97 Å². The lowest BCUT2D eigenvalue weighted by molar-refractivity contribution is -0.149. The molecule has 1 rings (SSSR count). The van der Waals surface area contributed by atoms with Gasteiger partial charge in [0.1, 0.15) is 6.61 Å². The zero-order chi connectivity index (χ0) is 11.3. The van der Waals surface area contributed by atoms with E-state index in [2.05, 4.69) is 5.92 Å². The van der Waals surface area contributed by atoms with Gasteiger partial charge in [-0.1, -0.05) is 29.7 Å². The summed E-state index contributed by atoms with van der Waals surface area (Å²) in [5.41, 5.74) is 0.516. The largest absolute Gasteiger partial charge is 0.479 e. The van der Waals surface area contributed by atoms with Crippen molar-refractivity contribution in [2.24, 2.45) is 0 Å². The lowest BCUT2D eigenvalue weighted by Crippen LogP contribution is -2.15. The van der Waals surface area contributed by atoms with Crippen LogP contribution in [0.15, 0.2) is 24.3 Å². The fourth-order valence-electron chi connectivity index (χ4n) is 1.08. The second-order valence-corrected chi connectivity index (χ2v) is 3.22. The third-order valence-electron chi connectivity index (χ3n) is 1.73. The van der Waals surface area contributed by atoms with Gasteiger partial charge in [-0.25, -0.2) is 4.79 Å². The summed E-state index contributed by atoms with van der Waals surface area (Å²) < 4.78 is 5.00. The zero-order valence-corrected chi connectivity index (χ0v) is 8.57. The molecule has 0 bridgehead atoms. The van der Waals surface area contributed by atoms with E-state index in [1.54, 1.807) is 24.3 Å². The van der Waals surface area contributed by atoms with E-state index in [1.807, 2.05) is 0 Å². The molecule has 4 heteroatoms. The van der Waals surface area contributed by atoms with Gasteiger partial charge in [-0.3, -0.25) is 0 Å². The zero-order valence-electron chi connectivity index (χ0n) is 7.81. The third-order valence-corrected chi connectivity index (χ3v) is 1.98. The second-order valence-electron chi connectivity index (χ2n) is 2.78. The molecule has 0 aromatic heterocycles. The molecular formula is C11H9ClO3. The number of halogens is 1. The highest BCUT2D eigenvalue weighted by Crippen LogP contribution is 2.19. The third kappa shape index (κ3) is 3.28. The lowest BCUT2D eigenvalue weighted by atomic mass is 10.1. The van der Waals surface area contributed by atoms with Crippen LogP contribution in [0.25, 0.3) is 0 Å². The van der Waals surface area contributed by atoms with Crippen LogP contribution in [0, 0.1) is 12.3 Å². The molecule has 1 aromatic rings. The average molecular weight is 225 g/mol. The molecule has 1 aromatic carbocycles. The summed E-state index contributed by atoms with van der Waals surface area (Å²) in [7, 11) is 0. The van der Waals surface area contributed by atoms with Gasteiger partial charge in [0.2, 0.25) is 0 Å². The van der Waals surface area contributed by atoms with Gasteiger partial charge in [0.25, 0.3) is 0 Å². The van der Waals surface area contributed by atoms with Crippen LogP contribution in [0.5, 0.6) is 0 Å². The van der Waals surface area contributed by atoms with Crippen molar-refractivity contribution in [1.29, 1.82) is 0 Å². The second kappa shape index (κ2) is 5.40. The number of aliphatic carboxylic acids is 1. The SMILES string of the molecule is C#CCOC(C(=O)O)c1ccc(Cl)cc1. The number of carboxylic acid groups (broad SMARTS) is 1. The van der Waals surface area contributed by atoms with E-state index >= 15 is 0 Å². The molecule has 0 saturated heterocycles. The molecule has 1 N–H and O–H groups in total. The van der Waals surface area contributed by atoms with Crippen molar-refractivity contribution in [3.8, 4) is 12.3 Å². The van der Waals surface area contributed by atoms with E-state index in [4.69, 9.17) is 27.9 Å². The van der Waals surface area contributed by atoms with Crippen LogP contribution in [-0.4, -0.2) is 17.7 Å². The van der Waals surface area contributed by atoms with Crippen LogP contribution in [0.1, 0.15) is 11.7 Å². The van der Waals surface area contributed by atoms with E-state index in [0.29, 0.717) is 10.6 Å². The van der Waals surface area contributed by atoms with Gasteiger partial charge in [0.05, 0.1) is 0 Å². The smallest absolute Gasteiger partial charge is 0.337 e. The van der Waals surface area contributed by atoms with E-state index in [0.717, 1.165) is 0 Å². The van der Waals surface area contributed by atoms with E-state index in [-0.39, 0.29) is 6.61 Å². The summed E-state index contributed by atoms with van der Waals surface area (Å²) in [6.07, 6.45) is 3.95. The summed E-state index contributed by atoms with van der Waals surface area (Å²) in [5.74, 6) is 1.15. The molecule has 0 saturated carbocycles. The van der Waals surface area contributed by atoms with E-state index in [1.165, 1.54) is 0 Å². The quantitative estimate of drug-likeness (QED) is 0.797. The standard InChI is InChI=1S/C11H9ClO3/c1-2-7-15-10(11(13)14)8-3-5-9(12)6-4-8/h1,3-6,10H,7H2,(H,13,14). The number of carbonyl (C=O) groups is 1. The minimum absolute atomic E-state index is 0.0421. The van der Waals surface area contributed by atoms with Gasteiger partial charge in [-0.2, -0.15) is 0 Å². The molecule has 0 spiro atoms. The molecule has 0 fully saturated rings. The Morgan fingerprint density at radius 1 is 1.53 bits per heavy atom. The van der Waals surface area contributed by atoms with Crippen molar-refractivity contribution in [3.05, 3.63) is 34.9 Å². The van der Waals surface area contributed by atoms with Crippen molar-refractivity contribution < 1.29 is 14.6 Å². The molecule has 3 nitrogen and oxygen atoms in total. The van der Waals surface area contributed by atoms with Crippen LogP contribution in [0.4, 0.5) is 0 Å². The Morgan fingerprint density at radius 2 is 2.13 bits per heavy atom. The molecule has 0 heterocycles. The van der Waals surface area contributed by atoms with Crippen molar-refractivity contribution in [1.82, 2.24) is 0 Å². The maximum atomic E-state index is 10.9. The van der Waals surface area contributed by atoms with Gasteiger partial charge in [-0.15, -0.1) is 6.42 Å². The van der Waals surface area contributed by atoms with E-state index < -0.39 is 12.1 Å². The molecule has 78 valence electrons. The highest BCUT2D eigenvalue weighted by atomic mass is 35.5. The van der Waals surface area contributed by atoms with Crippen LogP contribution in [-0.2, 0) is 9.53 Å². The highest BCUT2D eigenvalue weighted by molar-refractivity contribution is 6.30. The molecule has 1 atom stereocenters. The summed E-state index contributed by atoms with van der Waals surface area (Å²) in [6.45, 7) is -0.0421. The number of carboxylic acids is 1. The maximum absolute atomic E-state index is 10.9. The summed E-state index contributed by atoms with van der Waals surface area (Å²) in [4.78, 5) is 10.9. The first-order valence-corrected chi connectivity index (χ1v) is 4.56. The molecule has 0 aliphatic rings. The number of hydrogen-bond donors (Lipinski definition) is 1. The summed E-state index contributed by atoms with van der Waals surface area (Å²) >= 11 is 5.68. The normalized spacial score (nSPS) is 11.7. The molecular weight excluding hydrogens is 216 g/mol. The van der Waals surface area contributed by atoms with Crippen LogP contribution in [0.2, 0.25) is 5.02 Å². The van der Waals surface area contributed by atoms with Crippen LogP contribution < -0.4 is 0 Å². The lowest BCUT2D eigenvalue weighted by Gasteiger charge is -2.11. The van der Waals surface area contributed by atoms with Crippen molar-refractivity contribution in [2.75, 3.05) is 6.61 Å². The van der Waals surface area contributed by atoms with Crippen LogP contribution >= 0.6 is 11.6 Å². The van der Waals surface area contributed by atoms with Gasteiger partial charge in [0.15, 0.2) is 6.10 Å². The van der Waals surface area contributed by atoms with Crippen molar-refractivity contribution in [3.63, 3.8) is 0 Å². The van der Waals surface area contributed by atoms with Gasteiger partial charge in [-0.05, 0) is 17.7 Å². The Hall–Kier alpha value is -1.50. The Labute approximate surface area is 92.6 Å². The Balaban J connectivity index is 2.85. The first kappa shape index (κ1) is 11.6. The van der Waals surface area contributed by atoms with Crippen molar-refractivity contribution >= 4 is 17.6 Å². The predicted molar refractivity (Wildman–Crippen MR) is 56.6 cm³/mol. The molecule has 0 aliphatic carbocycles. The van der Waals surface area contributed by atoms with Gasteiger partial charge in [0, 0.05) is 5.02 Å². The monoisotopic (exact) mass is 224 g/mol. The Morgan fingerprint density at radius 3 is 2.60 bits per heavy atom. The fraction of sp³-hybridized carbons (Fsp3) is 0.182. The van der Waals surface area contributed by atoms with Crippen LogP contribution in [0.3, 0.4) is 0 Å². The minimum atomic E-state index is -1.08. The molecule has 0 aliphatic heterocycles. The summed E-state index contributed by atoms with van der Waals surface area (Å²) in [6, 6.07) is 6.40. The molecule has 15 heavy (non-hydrogen) atoms. The average Bonchev–Trinajstić information content (AvgIpc) is 2.21. The van der Waals surface area contributed by atoms with Gasteiger partial charge < -0.3 is 9.84 Å². The number of benzene rings is 1. The molecule has 1 unspecified atom stereocenters. The number of rotatable bonds is 4. The number of hydrogen-bond acceptors (Lipinski definition) is 2. The first-order chi connectivity index (χ1) is 7.15. The maximum Gasteiger partial charge on any atom is 0.337 e. The molecule has 0 amide bonds. The highest BCUT2D eigenvalue weighted by Gasteiger charge is 2.19. The predicted octanol–water partition coefficient (Wildman–Crippen LogP) is 2.12. The Bertz CT molecular complexity index is 378. The topological polar surface area (TPSA) is 46.5 Å². The minimum Gasteiger partial charge on any atom is -0.479 e.